The van der Waals surface area contributed by atoms with Crippen LogP contribution in [0.5, 0.6) is 0 Å². The summed E-state index contributed by atoms with van der Waals surface area (Å²) in [7, 11) is 0. The first kappa shape index (κ1) is 11.8. The van der Waals surface area contributed by atoms with Gasteiger partial charge in [-0.1, -0.05) is 0 Å². The predicted molar refractivity (Wildman–Crippen MR) is 63.7 cm³/mol. The maximum atomic E-state index is 11.8. The second-order valence-corrected chi connectivity index (χ2v) is 3.60. The molecule has 0 saturated heterocycles. The standard InChI is InChI=1S/C10H11N7O/c1-5-6(2)14-17-10(12-5)13-9(18)7-3-4-8(11)16-15-7/h3-4H,1-2H3,(H2,11,16)(H,12,13,17,18). The van der Waals surface area contributed by atoms with Gasteiger partial charge < -0.3 is 5.73 Å². The van der Waals surface area contributed by atoms with Crippen molar-refractivity contribution < 1.29 is 4.79 Å². The molecule has 3 N–H and O–H groups in total. The SMILES string of the molecule is Cc1nnc(NC(=O)c2ccc(N)nn2)nc1C. The molecule has 0 unspecified atom stereocenters. The second kappa shape index (κ2) is 4.70. The summed E-state index contributed by atoms with van der Waals surface area (Å²) < 4.78 is 0. The summed E-state index contributed by atoms with van der Waals surface area (Å²) >= 11 is 0. The Morgan fingerprint density at radius 1 is 1.11 bits per heavy atom. The van der Waals surface area contributed by atoms with Crippen LogP contribution in [-0.4, -0.2) is 31.3 Å². The number of nitrogens with two attached hydrogens (primary N) is 1. The van der Waals surface area contributed by atoms with E-state index in [9.17, 15) is 4.79 Å². The Morgan fingerprint density at radius 3 is 2.50 bits per heavy atom. The highest BCUT2D eigenvalue weighted by Gasteiger charge is 2.10. The number of aryl methyl sites for hydroxylation is 2. The average Bonchev–Trinajstić information content (AvgIpc) is 2.34. The molecule has 0 saturated carbocycles. The Bertz CT molecular complexity index is 581. The molecule has 92 valence electrons. The molecule has 2 rings (SSSR count). The minimum Gasteiger partial charge on any atom is -0.382 e. The van der Waals surface area contributed by atoms with Gasteiger partial charge in [0.15, 0.2) is 5.69 Å². The van der Waals surface area contributed by atoms with E-state index in [0.717, 1.165) is 0 Å². The van der Waals surface area contributed by atoms with Crippen LogP contribution in [0, 0.1) is 13.8 Å². The molecule has 0 aliphatic carbocycles. The van der Waals surface area contributed by atoms with Crippen molar-refractivity contribution in [1.29, 1.82) is 0 Å². The topological polar surface area (TPSA) is 120 Å². The van der Waals surface area contributed by atoms with Crippen LogP contribution in [0.25, 0.3) is 0 Å². The molecule has 0 radical (unpaired) electrons. The molecule has 8 heteroatoms. The Balaban J connectivity index is 2.16. The monoisotopic (exact) mass is 245 g/mol. The van der Waals surface area contributed by atoms with Crippen LogP contribution in [0.15, 0.2) is 12.1 Å². The molecule has 0 fully saturated rings. The van der Waals surface area contributed by atoms with Gasteiger partial charge in [0.1, 0.15) is 5.82 Å². The zero-order valence-electron chi connectivity index (χ0n) is 9.88. The number of nitrogen functional groups attached to an aromatic ring is 1. The van der Waals surface area contributed by atoms with E-state index < -0.39 is 5.91 Å². The van der Waals surface area contributed by atoms with Gasteiger partial charge in [0.2, 0.25) is 5.95 Å². The lowest BCUT2D eigenvalue weighted by Crippen LogP contribution is -2.17. The van der Waals surface area contributed by atoms with E-state index in [2.05, 4.69) is 30.7 Å². The van der Waals surface area contributed by atoms with E-state index in [-0.39, 0.29) is 17.5 Å². The molecule has 2 aromatic rings. The average molecular weight is 245 g/mol. The lowest BCUT2D eigenvalue weighted by atomic mass is 10.3. The van der Waals surface area contributed by atoms with Gasteiger partial charge in [0, 0.05) is 0 Å². The highest BCUT2D eigenvalue weighted by Crippen LogP contribution is 2.04. The van der Waals surface area contributed by atoms with E-state index in [0.29, 0.717) is 11.4 Å². The lowest BCUT2D eigenvalue weighted by molar-refractivity contribution is 0.102. The maximum absolute atomic E-state index is 11.8. The van der Waals surface area contributed by atoms with E-state index in [1.165, 1.54) is 12.1 Å². The molecule has 0 aromatic carbocycles. The van der Waals surface area contributed by atoms with Gasteiger partial charge in [-0.15, -0.1) is 15.3 Å². The van der Waals surface area contributed by atoms with Gasteiger partial charge in [-0.3, -0.25) is 10.1 Å². The fourth-order valence-electron chi connectivity index (χ4n) is 1.14. The van der Waals surface area contributed by atoms with E-state index in [1.807, 2.05) is 0 Å². The molecule has 0 spiro atoms. The summed E-state index contributed by atoms with van der Waals surface area (Å²) in [5.41, 5.74) is 6.91. The fourth-order valence-corrected chi connectivity index (χ4v) is 1.14. The summed E-state index contributed by atoms with van der Waals surface area (Å²) in [6.07, 6.45) is 0. The molecule has 0 aliphatic rings. The summed E-state index contributed by atoms with van der Waals surface area (Å²) in [6, 6.07) is 2.95. The number of nitrogens with one attached hydrogen (secondary N) is 1. The van der Waals surface area contributed by atoms with Gasteiger partial charge in [-0.05, 0) is 26.0 Å². The number of nitrogens with zero attached hydrogens (tertiary/aromatic N) is 5. The molecule has 18 heavy (non-hydrogen) atoms. The van der Waals surface area contributed by atoms with E-state index in [4.69, 9.17) is 5.73 Å². The normalized spacial score (nSPS) is 10.1. The Morgan fingerprint density at radius 2 is 1.89 bits per heavy atom. The van der Waals surface area contributed by atoms with Gasteiger partial charge in [-0.25, -0.2) is 4.98 Å². The van der Waals surface area contributed by atoms with Crippen molar-refractivity contribution in [3.05, 3.63) is 29.2 Å². The number of anilines is 2. The third-order valence-corrected chi connectivity index (χ3v) is 2.24. The van der Waals surface area contributed by atoms with E-state index >= 15 is 0 Å². The molecule has 0 bridgehead atoms. The molecule has 0 aliphatic heterocycles. The highest BCUT2D eigenvalue weighted by atomic mass is 16.2. The zero-order chi connectivity index (χ0) is 13.1. The number of hydrogen-bond donors (Lipinski definition) is 2. The first-order valence-corrected chi connectivity index (χ1v) is 5.15. The van der Waals surface area contributed by atoms with Crippen molar-refractivity contribution in [2.45, 2.75) is 13.8 Å². The summed E-state index contributed by atoms with van der Waals surface area (Å²) in [4.78, 5) is 15.8. The number of amides is 1. The van der Waals surface area contributed by atoms with Crippen molar-refractivity contribution in [3.63, 3.8) is 0 Å². The Labute approximate surface area is 103 Å². The molecule has 2 aromatic heterocycles. The molecule has 8 nitrogen and oxygen atoms in total. The van der Waals surface area contributed by atoms with Crippen molar-refractivity contribution in [2.24, 2.45) is 0 Å². The van der Waals surface area contributed by atoms with Gasteiger partial charge in [0.25, 0.3) is 5.91 Å². The van der Waals surface area contributed by atoms with Crippen molar-refractivity contribution >= 4 is 17.7 Å². The maximum Gasteiger partial charge on any atom is 0.278 e. The van der Waals surface area contributed by atoms with Gasteiger partial charge in [0.05, 0.1) is 11.4 Å². The predicted octanol–water partition coefficient (Wildman–Crippen LogP) is 0.113. The van der Waals surface area contributed by atoms with Crippen LogP contribution < -0.4 is 11.1 Å². The van der Waals surface area contributed by atoms with Crippen LogP contribution in [0.2, 0.25) is 0 Å². The van der Waals surface area contributed by atoms with Crippen molar-refractivity contribution in [1.82, 2.24) is 25.4 Å². The first-order chi connectivity index (χ1) is 8.56. The third-order valence-electron chi connectivity index (χ3n) is 2.24. The van der Waals surface area contributed by atoms with Gasteiger partial charge >= 0.3 is 0 Å². The van der Waals surface area contributed by atoms with Crippen LogP contribution in [0.3, 0.4) is 0 Å². The van der Waals surface area contributed by atoms with Crippen LogP contribution in [-0.2, 0) is 0 Å². The number of rotatable bonds is 2. The largest absolute Gasteiger partial charge is 0.382 e. The smallest absolute Gasteiger partial charge is 0.278 e. The minimum absolute atomic E-state index is 0.127. The van der Waals surface area contributed by atoms with E-state index in [1.54, 1.807) is 13.8 Å². The summed E-state index contributed by atoms with van der Waals surface area (Å²) in [5, 5.41) is 17.3. The minimum atomic E-state index is -0.465. The molecular weight excluding hydrogens is 234 g/mol. The number of carbonyl (C=O) groups is 1. The quantitative estimate of drug-likeness (QED) is 0.770. The number of aromatic nitrogens is 5. The second-order valence-electron chi connectivity index (χ2n) is 3.60. The summed E-state index contributed by atoms with van der Waals surface area (Å²) in [5.74, 6) is -0.0927. The number of hydrogen-bond acceptors (Lipinski definition) is 7. The zero-order valence-corrected chi connectivity index (χ0v) is 9.88. The Hall–Kier alpha value is -2.64. The lowest BCUT2D eigenvalue weighted by Gasteiger charge is -2.03. The van der Waals surface area contributed by atoms with Crippen molar-refractivity contribution in [3.8, 4) is 0 Å². The molecule has 2 heterocycles. The third kappa shape index (κ3) is 2.54. The fraction of sp³-hybridized carbons (Fsp3) is 0.200. The highest BCUT2D eigenvalue weighted by molar-refractivity contribution is 6.01. The van der Waals surface area contributed by atoms with Crippen molar-refractivity contribution in [2.75, 3.05) is 11.1 Å². The molecule has 1 amide bonds. The van der Waals surface area contributed by atoms with Crippen LogP contribution >= 0.6 is 0 Å². The van der Waals surface area contributed by atoms with Crippen LogP contribution in [0.4, 0.5) is 11.8 Å². The number of carbonyl (C=O) groups excluding carboxylic acids is 1. The van der Waals surface area contributed by atoms with Crippen LogP contribution in [0.1, 0.15) is 21.9 Å². The first-order valence-electron chi connectivity index (χ1n) is 5.15. The molecule has 0 atom stereocenters. The Kier molecular flexibility index (Phi) is 3.09. The van der Waals surface area contributed by atoms with Gasteiger partial charge in [-0.2, -0.15) is 5.10 Å². The summed E-state index contributed by atoms with van der Waals surface area (Å²) in [6.45, 7) is 3.56. The molecular formula is C10H11N7O.